The highest BCUT2D eigenvalue weighted by Crippen LogP contribution is 2.49. The number of hydrogen-bond acceptors (Lipinski definition) is 1. The Hall–Kier alpha value is -1.24. The molecule has 1 aromatic rings. The second-order valence-corrected chi connectivity index (χ2v) is 5.39. The summed E-state index contributed by atoms with van der Waals surface area (Å²) in [5.74, 6) is 0.927. The highest BCUT2D eigenvalue weighted by molar-refractivity contribution is 5.37. The molecule has 0 aliphatic heterocycles. The van der Waals surface area contributed by atoms with E-state index in [1.54, 1.807) is 7.11 Å². The van der Waals surface area contributed by atoms with E-state index in [1.165, 1.54) is 5.56 Å². The van der Waals surface area contributed by atoms with Crippen LogP contribution in [0.15, 0.2) is 36.4 Å². The van der Waals surface area contributed by atoms with Gasteiger partial charge in [0.25, 0.3) is 0 Å². The number of allylic oxidation sites excluding steroid dienone is 2. The molecule has 0 saturated carbocycles. The largest absolute Gasteiger partial charge is 0.497 e. The molecule has 1 aromatic carbocycles. The van der Waals surface area contributed by atoms with Crippen molar-refractivity contribution < 1.29 is 4.74 Å². The SMILES string of the molecule is COc1ccc(C2(C)CC=CC2(C)C)cc1. The Balaban J connectivity index is 2.37. The molecule has 0 aromatic heterocycles. The summed E-state index contributed by atoms with van der Waals surface area (Å²) >= 11 is 0. The highest BCUT2D eigenvalue weighted by atomic mass is 16.5. The molecule has 86 valence electrons. The topological polar surface area (TPSA) is 9.23 Å². The van der Waals surface area contributed by atoms with Gasteiger partial charge >= 0.3 is 0 Å². The van der Waals surface area contributed by atoms with Gasteiger partial charge in [-0.15, -0.1) is 0 Å². The van der Waals surface area contributed by atoms with E-state index in [2.05, 4.69) is 57.2 Å². The molecular formula is C15H20O. The van der Waals surface area contributed by atoms with E-state index < -0.39 is 0 Å². The van der Waals surface area contributed by atoms with Crippen LogP contribution in [-0.4, -0.2) is 7.11 Å². The van der Waals surface area contributed by atoms with Gasteiger partial charge in [-0.3, -0.25) is 0 Å². The molecular weight excluding hydrogens is 196 g/mol. The first-order valence-corrected chi connectivity index (χ1v) is 5.82. The average Bonchev–Trinajstić information content (AvgIpc) is 2.55. The Labute approximate surface area is 98.1 Å². The van der Waals surface area contributed by atoms with Crippen molar-refractivity contribution in [1.82, 2.24) is 0 Å². The van der Waals surface area contributed by atoms with Crippen LogP contribution in [0.4, 0.5) is 0 Å². The van der Waals surface area contributed by atoms with E-state index in [-0.39, 0.29) is 10.8 Å². The van der Waals surface area contributed by atoms with E-state index in [1.807, 2.05) is 0 Å². The molecule has 0 N–H and O–H groups in total. The van der Waals surface area contributed by atoms with Crippen LogP contribution in [-0.2, 0) is 5.41 Å². The lowest BCUT2D eigenvalue weighted by Crippen LogP contribution is -2.34. The van der Waals surface area contributed by atoms with Gasteiger partial charge in [0.1, 0.15) is 5.75 Å². The summed E-state index contributed by atoms with van der Waals surface area (Å²) in [4.78, 5) is 0. The minimum Gasteiger partial charge on any atom is -0.497 e. The standard InChI is InChI=1S/C15H20O/c1-14(2)10-5-11-15(14,3)12-6-8-13(16-4)9-7-12/h5-10H,11H2,1-4H3. The van der Waals surface area contributed by atoms with Crippen molar-refractivity contribution in [3.8, 4) is 5.75 Å². The van der Waals surface area contributed by atoms with Gasteiger partial charge in [-0.05, 0) is 29.5 Å². The van der Waals surface area contributed by atoms with Crippen LogP contribution in [0.3, 0.4) is 0 Å². The lowest BCUT2D eigenvalue weighted by atomic mass is 9.65. The van der Waals surface area contributed by atoms with Crippen LogP contribution in [0.2, 0.25) is 0 Å². The Bertz CT molecular complexity index is 400. The number of methoxy groups -OCH3 is 1. The lowest BCUT2D eigenvalue weighted by Gasteiger charge is -2.38. The fraction of sp³-hybridized carbons (Fsp3) is 0.467. The summed E-state index contributed by atoms with van der Waals surface area (Å²) in [6.07, 6.45) is 5.74. The molecule has 0 radical (unpaired) electrons. The quantitative estimate of drug-likeness (QED) is 0.680. The molecule has 1 atom stereocenters. The van der Waals surface area contributed by atoms with Gasteiger partial charge in [-0.25, -0.2) is 0 Å². The number of benzene rings is 1. The molecule has 0 saturated heterocycles. The molecule has 1 aliphatic carbocycles. The van der Waals surface area contributed by atoms with Crippen LogP contribution in [0.25, 0.3) is 0 Å². The number of ether oxygens (including phenoxy) is 1. The molecule has 1 aliphatic rings. The van der Waals surface area contributed by atoms with Crippen LogP contribution in [0.5, 0.6) is 5.75 Å². The maximum absolute atomic E-state index is 5.20. The Morgan fingerprint density at radius 2 is 1.69 bits per heavy atom. The second-order valence-electron chi connectivity index (χ2n) is 5.39. The van der Waals surface area contributed by atoms with Crippen molar-refractivity contribution >= 4 is 0 Å². The summed E-state index contributed by atoms with van der Waals surface area (Å²) in [5.41, 5.74) is 1.82. The van der Waals surface area contributed by atoms with E-state index in [4.69, 9.17) is 4.74 Å². The third-order valence-electron chi connectivity index (χ3n) is 4.21. The van der Waals surface area contributed by atoms with E-state index in [0.717, 1.165) is 12.2 Å². The maximum atomic E-state index is 5.20. The fourth-order valence-electron chi connectivity index (χ4n) is 2.48. The molecule has 2 rings (SSSR count). The summed E-state index contributed by atoms with van der Waals surface area (Å²) in [7, 11) is 1.71. The van der Waals surface area contributed by atoms with Gasteiger partial charge in [0, 0.05) is 5.41 Å². The van der Waals surface area contributed by atoms with Crippen LogP contribution in [0.1, 0.15) is 32.8 Å². The molecule has 0 bridgehead atoms. The zero-order valence-electron chi connectivity index (χ0n) is 10.6. The average molecular weight is 216 g/mol. The van der Waals surface area contributed by atoms with Gasteiger partial charge < -0.3 is 4.74 Å². The summed E-state index contributed by atoms with van der Waals surface area (Å²) in [6.45, 7) is 6.95. The molecule has 1 heteroatoms. The first kappa shape index (κ1) is 11.3. The first-order valence-electron chi connectivity index (χ1n) is 5.82. The third kappa shape index (κ3) is 1.55. The van der Waals surface area contributed by atoms with Gasteiger partial charge in [0.05, 0.1) is 7.11 Å². The molecule has 0 fully saturated rings. The highest BCUT2D eigenvalue weighted by Gasteiger charge is 2.42. The normalized spacial score (nSPS) is 27.0. The summed E-state index contributed by atoms with van der Waals surface area (Å²) < 4.78 is 5.20. The van der Waals surface area contributed by atoms with Crippen molar-refractivity contribution in [2.45, 2.75) is 32.6 Å². The minimum absolute atomic E-state index is 0.208. The predicted molar refractivity (Wildman–Crippen MR) is 67.9 cm³/mol. The van der Waals surface area contributed by atoms with Crippen molar-refractivity contribution in [2.24, 2.45) is 5.41 Å². The number of hydrogen-bond donors (Lipinski definition) is 0. The minimum atomic E-state index is 0.208. The molecule has 1 unspecified atom stereocenters. The summed E-state index contributed by atoms with van der Waals surface area (Å²) in [5, 5.41) is 0. The van der Waals surface area contributed by atoms with E-state index >= 15 is 0 Å². The van der Waals surface area contributed by atoms with Crippen LogP contribution >= 0.6 is 0 Å². The Kier molecular flexibility index (Phi) is 2.57. The number of rotatable bonds is 2. The van der Waals surface area contributed by atoms with Gasteiger partial charge in [-0.2, -0.15) is 0 Å². The van der Waals surface area contributed by atoms with Gasteiger partial charge in [-0.1, -0.05) is 45.1 Å². The third-order valence-corrected chi connectivity index (χ3v) is 4.21. The maximum Gasteiger partial charge on any atom is 0.118 e. The van der Waals surface area contributed by atoms with E-state index in [9.17, 15) is 0 Å². The Morgan fingerprint density at radius 3 is 2.12 bits per heavy atom. The Morgan fingerprint density at radius 1 is 1.06 bits per heavy atom. The van der Waals surface area contributed by atoms with Crippen molar-refractivity contribution in [2.75, 3.05) is 7.11 Å². The smallest absolute Gasteiger partial charge is 0.118 e. The van der Waals surface area contributed by atoms with Crippen LogP contribution in [0, 0.1) is 5.41 Å². The van der Waals surface area contributed by atoms with Crippen molar-refractivity contribution in [3.05, 3.63) is 42.0 Å². The van der Waals surface area contributed by atoms with Gasteiger partial charge in [0.15, 0.2) is 0 Å². The summed E-state index contributed by atoms with van der Waals surface area (Å²) in [6, 6.07) is 8.48. The lowest BCUT2D eigenvalue weighted by molar-refractivity contribution is 0.267. The zero-order valence-corrected chi connectivity index (χ0v) is 10.6. The zero-order chi connectivity index (χ0) is 11.8. The monoisotopic (exact) mass is 216 g/mol. The fourth-order valence-corrected chi connectivity index (χ4v) is 2.48. The van der Waals surface area contributed by atoms with Crippen molar-refractivity contribution in [1.29, 1.82) is 0 Å². The predicted octanol–water partition coefficient (Wildman–Crippen LogP) is 3.94. The second kappa shape index (κ2) is 3.65. The van der Waals surface area contributed by atoms with Crippen LogP contribution < -0.4 is 4.74 Å². The molecule has 0 amide bonds. The van der Waals surface area contributed by atoms with E-state index in [0.29, 0.717) is 0 Å². The molecule has 0 spiro atoms. The van der Waals surface area contributed by atoms with Gasteiger partial charge in [0.2, 0.25) is 0 Å². The molecule has 1 nitrogen and oxygen atoms in total. The molecule has 0 heterocycles. The molecule has 16 heavy (non-hydrogen) atoms. The van der Waals surface area contributed by atoms with Crippen molar-refractivity contribution in [3.63, 3.8) is 0 Å². The first-order chi connectivity index (χ1) is 7.49.